The number of hydrogen-bond donors (Lipinski definition) is 1. The van der Waals surface area contributed by atoms with E-state index in [0.717, 1.165) is 37.1 Å². The van der Waals surface area contributed by atoms with Crippen LogP contribution in [-0.2, 0) is 6.42 Å². The predicted molar refractivity (Wildman–Crippen MR) is 86.7 cm³/mol. The zero-order valence-corrected chi connectivity index (χ0v) is 13.2. The summed E-state index contributed by atoms with van der Waals surface area (Å²) in [6, 6.07) is 13.9. The molecule has 0 saturated carbocycles. The van der Waals surface area contributed by atoms with Gasteiger partial charge in [-0.15, -0.1) is 0 Å². The van der Waals surface area contributed by atoms with E-state index in [1.807, 2.05) is 19.1 Å². The van der Waals surface area contributed by atoms with Crippen LogP contribution in [0.1, 0.15) is 24.0 Å². The van der Waals surface area contributed by atoms with Gasteiger partial charge in [0.1, 0.15) is 5.82 Å². The SMILES string of the molecule is Cc1cc(F)c(Br)cc1NCCCCc1ccccc1. The number of halogens is 2. The fourth-order valence-electron chi connectivity index (χ4n) is 2.16. The lowest BCUT2D eigenvalue weighted by Gasteiger charge is -2.10. The topological polar surface area (TPSA) is 12.0 Å². The minimum absolute atomic E-state index is 0.211. The average molecular weight is 336 g/mol. The van der Waals surface area contributed by atoms with Crippen LogP contribution in [0.4, 0.5) is 10.1 Å². The van der Waals surface area contributed by atoms with Crippen LogP contribution in [0.15, 0.2) is 46.9 Å². The Morgan fingerprint density at radius 1 is 1.10 bits per heavy atom. The molecule has 2 aromatic rings. The van der Waals surface area contributed by atoms with Crippen LogP contribution in [-0.4, -0.2) is 6.54 Å². The number of rotatable bonds is 6. The summed E-state index contributed by atoms with van der Waals surface area (Å²) in [6.45, 7) is 2.83. The third-order valence-corrected chi connectivity index (χ3v) is 3.93. The monoisotopic (exact) mass is 335 g/mol. The van der Waals surface area contributed by atoms with Gasteiger partial charge in [0, 0.05) is 12.2 Å². The summed E-state index contributed by atoms with van der Waals surface area (Å²) >= 11 is 3.22. The summed E-state index contributed by atoms with van der Waals surface area (Å²) in [5, 5.41) is 3.37. The van der Waals surface area contributed by atoms with Gasteiger partial charge in [-0.1, -0.05) is 30.3 Å². The molecule has 0 spiro atoms. The van der Waals surface area contributed by atoms with Gasteiger partial charge in [-0.3, -0.25) is 0 Å². The lowest BCUT2D eigenvalue weighted by atomic mass is 10.1. The molecule has 0 aliphatic carbocycles. The van der Waals surface area contributed by atoms with Crippen molar-refractivity contribution in [2.45, 2.75) is 26.2 Å². The molecule has 0 bridgehead atoms. The Morgan fingerprint density at radius 2 is 1.85 bits per heavy atom. The predicted octanol–water partition coefficient (Wildman–Crippen LogP) is 5.33. The number of benzene rings is 2. The summed E-state index contributed by atoms with van der Waals surface area (Å²) < 4.78 is 13.8. The van der Waals surface area contributed by atoms with Crippen LogP contribution < -0.4 is 5.32 Å². The van der Waals surface area contributed by atoms with E-state index in [2.05, 4.69) is 45.5 Å². The maximum Gasteiger partial charge on any atom is 0.137 e. The first-order chi connectivity index (χ1) is 9.66. The maximum absolute atomic E-state index is 13.3. The van der Waals surface area contributed by atoms with Crippen molar-refractivity contribution in [1.29, 1.82) is 0 Å². The molecule has 1 N–H and O–H groups in total. The summed E-state index contributed by atoms with van der Waals surface area (Å²) in [5.74, 6) is -0.211. The molecule has 0 aliphatic heterocycles. The lowest BCUT2D eigenvalue weighted by Crippen LogP contribution is -2.04. The fourth-order valence-corrected chi connectivity index (χ4v) is 2.50. The highest BCUT2D eigenvalue weighted by Crippen LogP contribution is 2.24. The van der Waals surface area contributed by atoms with Crippen molar-refractivity contribution < 1.29 is 4.39 Å². The van der Waals surface area contributed by atoms with Gasteiger partial charge in [0.15, 0.2) is 0 Å². The Balaban J connectivity index is 1.75. The molecule has 3 heteroatoms. The van der Waals surface area contributed by atoms with E-state index in [0.29, 0.717) is 4.47 Å². The Kier molecular flexibility index (Phi) is 5.60. The first kappa shape index (κ1) is 15.0. The maximum atomic E-state index is 13.3. The van der Waals surface area contributed by atoms with Crippen molar-refractivity contribution in [3.63, 3.8) is 0 Å². The van der Waals surface area contributed by atoms with Crippen LogP contribution in [0, 0.1) is 12.7 Å². The highest BCUT2D eigenvalue weighted by atomic mass is 79.9. The van der Waals surface area contributed by atoms with Gasteiger partial charge in [0.25, 0.3) is 0 Å². The molecule has 2 aromatic carbocycles. The van der Waals surface area contributed by atoms with Crippen LogP contribution >= 0.6 is 15.9 Å². The zero-order chi connectivity index (χ0) is 14.4. The van der Waals surface area contributed by atoms with Crippen LogP contribution in [0.3, 0.4) is 0 Å². The highest BCUT2D eigenvalue weighted by Gasteiger charge is 2.04. The van der Waals surface area contributed by atoms with Gasteiger partial charge in [-0.2, -0.15) is 0 Å². The van der Waals surface area contributed by atoms with Crippen molar-refractivity contribution in [3.8, 4) is 0 Å². The molecule has 0 radical (unpaired) electrons. The molecule has 0 heterocycles. The van der Waals surface area contributed by atoms with E-state index in [4.69, 9.17) is 0 Å². The first-order valence-electron chi connectivity index (χ1n) is 6.90. The normalized spacial score (nSPS) is 10.6. The molecule has 0 saturated heterocycles. The number of aryl methyl sites for hydroxylation is 2. The second-order valence-electron chi connectivity index (χ2n) is 4.95. The van der Waals surface area contributed by atoms with Crippen molar-refractivity contribution in [1.82, 2.24) is 0 Å². The quantitative estimate of drug-likeness (QED) is 0.703. The summed E-state index contributed by atoms with van der Waals surface area (Å²) in [4.78, 5) is 0. The zero-order valence-electron chi connectivity index (χ0n) is 11.6. The molecular formula is C17H19BrFN. The van der Waals surface area contributed by atoms with Gasteiger partial charge in [-0.25, -0.2) is 4.39 Å². The second-order valence-corrected chi connectivity index (χ2v) is 5.81. The Labute approximate surface area is 128 Å². The number of anilines is 1. The Morgan fingerprint density at radius 3 is 2.60 bits per heavy atom. The standard InChI is InChI=1S/C17H19BrFN/c1-13-11-16(19)15(18)12-17(13)20-10-6-5-9-14-7-3-2-4-8-14/h2-4,7-8,11-12,20H,5-6,9-10H2,1H3. The third-order valence-electron chi connectivity index (χ3n) is 3.32. The molecule has 0 fully saturated rings. The second kappa shape index (κ2) is 7.44. The Hall–Kier alpha value is -1.35. The van der Waals surface area contributed by atoms with Gasteiger partial charge in [0.05, 0.1) is 4.47 Å². The molecule has 0 unspecified atom stereocenters. The van der Waals surface area contributed by atoms with E-state index in [1.54, 1.807) is 6.07 Å². The average Bonchev–Trinajstić information content (AvgIpc) is 2.45. The number of hydrogen-bond acceptors (Lipinski definition) is 1. The molecule has 0 atom stereocenters. The summed E-state index contributed by atoms with van der Waals surface area (Å²) in [6.07, 6.45) is 3.36. The van der Waals surface area contributed by atoms with Gasteiger partial charge in [-0.05, 0) is 65.4 Å². The molecule has 0 amide bonds. The third kappa shape index (κ3) is 4.34. The highest BCUT2D eigenvalue weighted by molar-refractivity contribution is 9.10. The van der Waals surface area contributed by atoms with Crippen LogP contribution in [0.25, 0.3) is 0 Å². The van der Waals surface area contributed by atoms with E-state index in [9.17, 15) is 4.39 Å². The smallest absolute Gasteiger partial charge is 0.137 e. The minimum Gasteiger partial charge on any atom is -0.385 e. The number of unbranched alkanes of at least 4 members (excludes halogenated alkanes) is 1. The van der Waals surface area contributed by atoms with E-state index in [1.165, 1.54) is 5.56 Å². The van der Waals surface area contributed by atoms with Crippen LogP contribution in [0.2, 0.25) is 0 Å². The summed E-state index contributed by atoms with van der Waals surface area (Å²) in [7, 11) is 0. The van der Waals surface area contributed by atoms with Crippen molar-refractivity contribution in [3.05, 3.63) is 63.9 Å². The number of nitrogens with one attached hydrogen (secondary N) is 1. The van der Waals surface area contributed by atoms with Crippen molar-refractivity contribution in [2.75, 3.05) is 11.9 Å². The minimum atomic E-state index is -0.211. The molecule has 0 aromatic heterocycles. The van der Waals surface area contributed by atoms with E-state index < -0.39 is 0 Å². The lowest BCUT2D eigenvalue weighted by molar-refractivity contribution is 0.620. The van der Waals surface area contributed by atoms with Gasteiger partial charge >= 0.3 is 0 Å². The van der Waals surface area contributed by atoms with Crippen LogP contribution in [0.5, 0.6) is 0 Å². The first-order valence-corrected chi connectivity index (χ1v) is 7.69. The molecule has 106 valence electrons. The molecular weight excluding hydrogens is 317 g/mol. The molecule has 0 aliphatic rings. The molecule has 2 rings (SSSR count). The Bertz CT molecular complexity index is 554. The molecule has 1 nitrogen and oxygen atoms in total. The largest absolute Gasteiger partial charge is 0.385 e. The van der Waals surface area contributed by atoms with E-state index in [-0.39, 0.29) is 5.82 Å². The molecule has 20 heavy (non-hydrogen) atoms. The fraction of sp³-hybridized carbons (Fsp3) is 0.294. The van der Waals surface area contributed by atoms with Crippen molar-refractivity contribution in [2.24, 2.45) is 0 Å². The van der Waals surface area contributed by atoms with Gasteiger partial charge in [0.2, 0.25) is 0 Å². The van der Waals surface area contributed by atoms with Gasteiger partial charge < -0.3 is 5.32 Å². The van der Waals surface area contributed by atoms with Crippen molar-refractivity contribution >= 4 is 21.6 Å². The van der Waals surface area contributed by atoms with E-state index >= 15 is 0 Å². The summed E-state index contributed by atoms with van der Waals surface area (Å²) in [5.41, 5.74) is 3.32.